The molecule has 1 aromatic carbocycles. The summed E-state index contributed by atoms with van der Waals surface area (Å²) in [6.45, 7) is 2.41. The van der Waals surface area contributed by atoms with E-state index in [-0.39, 0.29) is 5.54 Å². The zero-order valence-electron chi connectivity index (χ0n) is 13.5. The van der Waals surface area contributed by atoms with E-state index in [2.05, 4.69) is 30.1 Å². The largest absolute Gasteiger partial charge is 0.497 e. The van der Waals surface area contributed by atoms with E-state index in [9.17, 15) is 0 Å². The maximum absolute atomic E-state index is 6.24. The average Bonchev–Trinajstić information content (AvgIpc) is 2.53. The molecule has 0 spiro atoms. The molecule has 0 saturated heterocycles. The molecule has 0 aliphatic heterocycles. The lowest BCUT2D eigenvalue weighted by atomic mass is 9.75. The number of hydrogen-bond donors (Lipinski definition) is 1. The van der Waals surface area contributed by atoms with Crippen molar-refractivity contribution in [3.05, 3.63) is 29.3 Å². The molecular weight excluding hydrogens is 264 g/mol. The van der Waals surface area contributed by atoms with Gasteiger partial charge < -0.3 is 15.2 Å². The van der Waals surface area contributed by atoms with Gasteiger partial charge in [-0.1, -0.05) is 6.07 Å². The summed E-state index contributed by atoms with van der Waals surface area (Å²) in [6, 6.07) is 6.42. The normalized spacial score (nSPS) is 21.4. The molecule has 118 valence electrons. The number of hydrogen-bond acceptors (Lipinski definition) is 4. The molecule has 1 aliphatic carbocycles. The van der Waals surface area contributed by atoms with E-state index in [0.29, 0.717) is 6.54 Å². The van der Waals surface area contributed by atoms with Gasteiger partial charge in [-0.25, -0.2) is 0 Å². The van der Waals surface area contributed by atoms with Gasteiger partial charge in [0.2, 0.25) is 0 Å². The third-order valence-electron chi connectivity index (χ3n) is 4.77. The number of benzene rings is 1. The highest BCUT2D eigenvalue weighted by molar-refractivity contribution is 5.42. The smallest absolute Gasteiger partial charge is 0.119 e. The predicted molar refractivity (Wildman–Crippen MR) is 85.8 cm³/mol. The van der Waals surface area contributed by atoms with Crippen LogP contribution in [0.15, 0.2) is 18.2 Å². The van der Waals surface area contributed by atoms with Crippen molar-refractivity contribution >= 4 is 0 Å². The molecule has 0 bridgehead atoms. The molecule has 0 fully saturated rings. The van der Waals surface area contributed by atoms with Crippen LogP contribution in [0.1, 0.15) is 30.4 Å². The first-order valence-electron chi connectivity index (χ1n) is 7.75. The maximum atomic E-state index is 6.24. The number of nitrogens with zero attached hydrogens (tertiary/aromatic N) is 1. The number of aryl methyl sites for hydroxylation is 1. The van der Waals surface area contributed by atoms with Crippen LogP contribution in [0.25, 0.3) is 0 Å². The minimum absolute atomic E-state index is 0.0735. The van der Waals surface area contributed by atoms with Crippen LogP contribution in [0, 0.1) is 0 Å². The lowest BCUT2D eigenvalue weighted by Gasteiger charge is -2.45. The summed E-state index contributed by atoms with van der Waals surface area (Å²) in [5, 5.41) is 0. The number of fused-ring (bicyclic) bond motifs is 1. The van der Waals surface area contributed by atoms with Crippen molar-refractivity contribution in [1.29, 1.82) is 0 Å². The Balaban J connectivity index is 2.31. The highest BCUT2D eigenvalue weighted by Crippen LogP contribution is 2.40. The van der Waals surface area contributed by atoms with Crippen LogP contribution in [0.2, 0.25) is 0 Å². The average molecular weight is 292 g/mol. The molecule has 0 saturated carbocycles. The van der Waals surface area contributed by atoms with E-state index in [4.69, 9.17) is 15.2 Å². The summed E-state index contributed by atoms with van der Waals surface area (Å²) in [5.41, 5.74) is 8.91. The molecule has 0 radical (unpaired) electrons. The molecule has 4 heteroatoms. The molecule has 21 heavy (non-hydrogen) atoms. The Labute approximate surface area is 128 Å². The zero-order valence-corrected chi connectivity index (χ0v) is 13.5. The fraction of sp³-hybridized carbons (Fsp3) is 0.647. The Bertz CT molecular complexity index is 464. The zero-order chi connectivity index (χ0) is 15.3. The highest BCUT2D eigenvalue weighted by Gasteiger charge is 2.38. The van der Waals surface area contributed by atoms with Gasteiger partial charge >= 0.3 is 0 Å². The number of methoxy groups -OCH3 is 2. The van der Waals surface area contributed by atoms with Crippen LogP contribution in [0.3, 0.4) is 0 Å². The van der Waals surface area contributed by atoms with Gasteiger partial charge in [-0.2, -0.15) is 0 Å². The van der Waals surface area contributed by atoms with Gasteiger partial charge in [0.15, 0.2) is 0 Å². The monoisotopic (exact) mass is 292 g/mol. The van der Waals surface area contributed by atoms with E-state index >= 15 is 0 Å². The SMILES string of the molecule is COCCCN(C)C1(CN)CCCc2ccc(OC)cc21. The molecule has 0 amide bonds. The predicted octanol–water partition coefficient (Wildman–Crippen LogP) is 2.15. The molecule has 1 unspecified atom stereocenters. The number of nitrogens with two attached hydrogens (primary N) is 1. The van der Waals surface area contributed by atoms with Gasteiger partial charge in [-0.05, 0) is 56.0 Å². The third-order valence-corrected chi connectivity index (χ3v) is 4.77. The lowest BCUT2D eigenvalue weighted by molar-refractivity contribution is 0.0887. The first kappa shape index (κ1) is 16.3. The van der Waals surface area contributed by atoms with Crippen molar-refractivity contribution in [2.75, 3.05) is 41.0 Å². The van der Waals surface area contributed by atoms with Crippen LogP contribution in [0.4, 0.5) is 0 Å². The van der Waals surface area contributed by atoms with Crippen LogP contribution >= 0.6 is 0 Å². The Morgan fingerprint density at radius 2 is 2.14 bits per heavy atom. The van der Waals surface area contributed by atoms with Crippen LogP contribution < -0.4 is 10.5 Å². The second-order valence-corrected chi connectivity index (χ2v) is 5.88. The third kappa shape index (κ3) is 3.23. The van der Waals surface area contributed by atoms with Gasteiger partial charge in [0.25, 0.3) is 0 Å². The molecule has 2 rings (SSSR count). The highest BCUT2D eigenvalue weighted by atomic mass is 16.5. The molecule has 0 heterocycles. The Morgan fingerprint density at radius 1 is 1.33 bits per heavy atom. The molecule has 4 nitrogen and oxygen atoms in total. The second kappa shape index (κ2) is 7.25. The van der Waals surface area contributed by atoms with Crippen LogP contribution in [-0.4, -0.2) is 45.9 Å². The topological polar surface area (TPSA) is 47.7 Å². The summed E-state index contributed by atoms with van der Waals surface area (Å²) in [6.07, 6.45) is 4.44. The van der Waals surface area contributed by atoms with E-state index in [1.165, 1.54) is 17.5 Å². The van der Waals surface area contributed by atoms with Gasteiger partial charge in [-0.3, -0.25) is 4.90 Å². The first-order valence-corrected chi connectivity index (χ1v) is 7.75. The summed E-state index contributed by atoms with van der Waals surface area (Å²) in [5.74, 6) is 0.916. The fourth-order valence-corrected chi connectivity index (χ4v) is 3.46. The van der Waals surface area contributed by atoms with Crippen molar-refractivity contribution in [3.63, 3.8) is 0 Å². The lowest BCUT2D eigenvalue weighted by Crippen LogP contribution is -2.51. The summed E-state index contributed by atoms with van der Waals surface area (Å²) in [7, 11) is 5.65. The van der Waals surface area contributed by atoms with Gasteiger partial charge in [0.05, 0.1) is 12.6 Å². The van der Waals surface area contributed by atoms with E-state index in [1.54, 1.807) is 14.2 Å². The molecule has 1 aromatic rings. The summed E-state index contributed by atoms with van der Waals surface area (Å²) in [4.78, 5) is 2.41. The van der Waals surface area contributed by atoms with E-state index in [1.807, 2.05) is 0 Å². The Hall–Kier alpha value is -1.10. The van der Waals surface area contributed by atoms with Crippen molar-refractivity contribution in [3.8, 4) is 5.75 Å². The fourth-order valence-electron chi connectivity index (χ4n) is 3.46. The summed E-state index contributed by atoms with van der Waals surface area (Å²) < 4.78 is 10.6. The Morgan fingerprint density at radius 3 is 2.81 bits per heavy atom. The first-order chi connectivity index (χ1) is 10.2. The number of ether oxygens (including phenoxy) is 2. The van der Waals surface area contributed by atoms with Crippen molar-refractivity contribution < 1.29 is 9.47 Å². The summed E-state index contributed by atoms with van der Waals surface area (Å²) >= 11 is 0. The van der Waals surface area contributed by atoms with Crippen molar-refractivity contribution in [1.82, 2.24) is 4.90 Å². The van der Waals surface area contributed by atoms with Crippen molar-refractivity contribution in [2.24, 2.45) is 5.73 Å². The quantitative estimate of drug-likeness (QED) is 0.782. The minimum atomic E-state index is -0.0735. The minimum Gasteiger partial charge on any atom is -0.497 e. The van der Waals surface area contributed by atoms with E-state index in [0.717, 1.165) is 38.2 Å². The van der Waals surface area contributed by atoms with Gasteiger partial charge in [0, 0.05) is 26.8 Å². The van der Waals surface area contributed by atoms with Crippen LogP contribution in [0.5, 0.6) is 5.75 Å². The maximum Gasteiger partial charge on any atom is 0.119 e. The van der Waals surface area contributed by atoms with Crippen LogP contribution in [-0.2, 0) is 16.7 Å². The molecule has 1 atom stereocenters. The molecule has 0 aromatic heterocycles. The number of likely N-dealkylation sites (N-methyl/N-ethyl adjacent to an activating group) is 1. The Kier molecular flexibility index (Phi) is 5.62. The molecule has 1 aliphatic rings. The number of rotatable bonds is 7. The molecule has 2 N–H and O–H groups in total. The van der Waals surface area contributed by atoms with Gasteiger partial charge in [0.1, 0.15) is 5.75 Å². The van der Waals surface area contributed by atoms with E-state index < -0.39 is 0 Å². The second-order valence-electron chi connectivity index (χ2n) is 5.88. The standard InChI is InChI=1S/C17H28N2O2/c1-19(10-5-11-20-2)17(13-18)9-4-6-14-7-8-15(21-3)12-16(14)17/h7-8,12H,4-6,9-11,13,18H2,1-3H3. The molecular formula is C17H28N2O2. The van der Waals surface area contributed by atoms with Gasteiger partial charge in [-0.15, -0.1) is 0 Å². The van der Waals surface area contributed by atoms with Crippen molar-refractivity contribution in [2.45, 2.75) is 31.2 Å².